The normalized spacial score (nSPS) is 11.1. The van der Waals surface area contributed by atoms with Crippen molar-refractivity contribution >= 4 is 21.6 Å². The number of sulfonamides is 1. The van der Waals surface area contributed by atoms with Gasteiger partial charge < -0.3 is 5.32 Å². The van der Waals surface area contributed by atoms with Gasteiger partial charge in [0.2, 0.25) is 15.9 Å². The first-order valence-electron chi connectivity index (χ1n) is 9.62. The van der Waals surface area contributed by atoms with Gasteiger partial charge in [0.05, 0.1) is 30.5 Å². The number of nitriles is 1. The molecule has 8 nitrogen and oxygen atoms in total. The predicted molar refractivity (Wildman–Crippen MR) is 116 cm³/mol. The van der Waals surface area contributed by atoms with Crippen LogP contribution in [0.3, 0.4) is 0 Å². The molecule has 0 fully saturated rings. The Hall–Kier alpha value is -2.96. The van der Waals surface area contributed by atoms with Crippen LogP contribution < -0.4 is 10.0 Å². The van der Waals surface area contributed by atoms with Gasteiger partial charge in [0.25, 0.3) is 0 Å². The summed E-state index contributed by atoms with van der Waals surface area (Å²) in [7, 11) is -3.42. The summed E-state index contributed by atoms with van der Waals surface area (Å²) < 4.78 is 28.0. The van der Waals surface area contributed by atoms with Crippen molar-refractivity contribution in [1.29, 1.82) is 5.26 Å². The molecular formula is C21H27N5O3S. The number of nitrogens with one attached hydrogen (secondary N) is 2. The molecule has 1 aromatic heterocycles. The fourth-order valence-corrected chi connectivity index (χ4v) is 4.18. The smallest absolute Gasteiger partial charge is 0.224 e. The van der Waals surface area contributed by atoms with E-state index in [4.69, 9.17) is 5.26 Å². The number of carbonyl (C=O) groups excluding carboxylic acids is 1. The molecule has 0 aliphatic carbocycles. The van der Waals surface area contributed by atoms with Gasteiger partial charge in [-0.2, -0.15) is 10.4 Å². The molecular weight excluding hydrogens is 402 g/mol. The van der Waals surface area contributed by atoms with Crippen LogP contribution in [0, 0.1) is 25.2 Å². The monoisotopic (exact) mass is 429 g/mol. The average Bonchev–Trinajstić information content (AvgIpc) is 2.97. The first kappa shape index (κ1) is 23.3. The van der Waals surface area contributed by atoms with Crippen LogP contribution in [-0.4, -0.2) is 30.7 Å². The minimum atomic E-state index is -3.42. The van der Waals surface area contributed by atoms with Crippen molar-refractivity contribution in [3.8, 4) is 6.07 Å². The third-order valence-corrected chi connectivity index (χ3v) is 5.93. The van der Waals surface area contributed by atoms with Gasteiger partial charge in [-0.3, -0.25) is 9.48 Å². The predicted octanol–water partition coefficient (Wildman–Crippen LogP) is 2.59. The third kappa shape index (κ3) is 6.83. The van der Waals surface area contributed by atoms with Crippen molar-refractivity contribution in [2.24, 2.45) is 0 Å². The van der Waals surface area contributed by atoms with E-state index >= 15 is 0 Å². The summed E-state index contributed by atoms with van der Waals surface area (Å²) in [4.78, 5) is 12.3. The first-order chi connectivity index (χ1) is 14.3. The number of anilines is 1. The molecule has 30 heavy (non-hydrogen) atoms. The second kappa shape index (κ2) is 10.7. The Bertz CT molecular complexity index is 1030. The van der Waals surface area contributed by atoms with Crippen LogP contribution in [0.5, 0.6) is 0 Å². The fraction of sp³-hybridized carbons (Fsp3) is 0.381. The molecule has 0 unspecified atom stereocenters. The van der Waals surface area contributed by atoms with E-state index < -0.39 is 10.0 Å². The highest BCUT2D eigenvalue weighted by molar-refractivity contribution is 7.88. The number of aromatic nitrogens is 2. The molecule has 0 aliphatic heterocycles. The molecule has 0 atom stereocenters. The van der Waals surface area contributed by atoms with Gasteiger partial charge in [-0.25, -0.2) is 13.1 Å². The van der Waals surface area contributed by atoms with Gasteiger partial charge in [-0.05, 0) is 43.5 Å². The number of aryl methyl sites for hydroxylation is 2. The maximum atomic E-state index is 12.3. The van der Waals surface area contributed by atoms with Crippen LogP contribution in [0.2, 0.25) is 0 Å². The molecule has 0 saturated heterocycles. The van der Waals surface area contributed by atoms with E-state index in [1.54, 1.807) is 24.3 Å². The summed E-state index contributed by atoms with van der Waals surface area (Å²) >= 11 is 0. The van der Waals surface area contributed by atoms with Crippen LogP contribution in [0.15, 0.2) is 36.9 Å². The Kier molecular flexibility index (Phi) is 8.33. The number of amides is 1. The zero-order chi connectivity index (χ0) is 22.1. The molecule has 0 bridgehead atoms. The van der Waals surface area contributed by atoms with E-state index in [-0.39, 0.29) is 18.2 Å². The number of hydrogen-bond donors (Lipinski definition) is 2. The fourth-order valence-electron chi connectivity index (χ4n) is 3.07. The molecule has 0 spiro atoms. The van der Waals surface area contributed by atoms with E-state index in [0.29, 0.717) is 37.1 Å². The highest BCUT2D eigenvalue weighted by atomic mass is 32.2. The minimum Gasteiger partial charge on any atom is -0.326 e. The third-order valence-electron chi connectivity index (χ3n) is 4.61. The molecule has 1 heterocycles. The minimum absolute atomic E-state index is 0.133. The van der Waals surface area contributed by atoms with Gasteiger partial charge in [-0.15, -0.1) is 6.58 Å². The molecule has 0 radical (unpaired) electrons. The van der Waals surface area contributed by atoms with Crippen molar-refractivity contribution in [2.75, 3.05) is 11.9 Å². The van der Waals surface area contributed by atoms with Gasteiger partial charge in [-0.1, -0.05) is 18.2 Å². The van der Waals surface area contributed by atoms with Crippen LogP contribution in [0.4, 0.5) is 5.69 Å². The first-order valence-corrected chi connectivity index (χ1v) is 11.3. The van der Waals surface area contributed by atoms with Crippen molar-refractivity contribution in [3.05, 3.63) is 59.4 Å². The molecule has 0 aliphatic rings. The van der Waals surface area contributed by atoms with E-state index in [2.05, 4.69) is 27.8 Å². The Morgan fingerprint density at radius 1 is 1.30 bits per heavy atom. The number of rotatable bonds is 11. The lowest BCUT2D eigenvalue weighted by Crippen LogP contribution is -2.25. The standard InChI is InChI=1S/C21H27N5O3S/c1-4-13-23-30(28,29)15-18-6-8-19(9-7-18)24-21(27)11-10-20-16(2)25-26(17(20)3)14-5-12-22/h4,6-9,23H,1,5,10-11,13-15H2,2-3H3,(H,24,27). The van der Waals surface area contributed by atoms with E-state index in [1.807, 2.05) is 18.5 Å². The summed E-state index contributed by atoms with van der Waals surface area (Å²) in [6.07, 6.45) is 2.73. The Morgan fingerprint density at radius 3 is 2.63 bits per heavy atom. The zero-order valence-corrected chi connectivity index (χ0v) is 18.1. The van der Waals surface area contributed by atoms with Crippen molar-refractivity contribution in [1.82, 2.24) is 14.5 Å². The van der Waals surface area contributed by atoms with Crippen molar-refractivity contribution in [2.45, 2.75) is 45.4 Å². The van der Waals surface area contributed by atoms with Gasteiger partial charge in [0.15, 0.2) is 0 Å². The molecule has 2 aromatic rings. The highest BCUT2D eigenvalue weighted by Crippen LogP contribution is 2.17. The second-order valence-corrected chi connectivity index (χ2v) is 8.73. The topological polar surface area (TPSA) is 117 Å². The van der Waals surface area contributed by atoms with E-state index in [0.717, 1.165) is 17.0 Å². The summed E-state index contributed by atoms with van der Waals surface area (Å²) in [5.74, 6) is -0.268. The molecule has 2 rings (SSSR count). The maximum Gasteiger partial charge on any atom is 0.224 e. The molecule has 0 saturated carbocycles. The summed E-state index contributed by atoms with van der Waals surface area (Å²) in [5, 5.41) is 16.0. The largest absolute Gasteiger partial charge is 0.326 e. The molecule has 1 amide bonds. The quantitative estimate of drug-likeness (QED) is 0.533. The van der Waals surface area contributed by atoms with Gasteiger partial charge in [0.1, 0.15) is 0 Å². The lowest BCUT2D eigenvalue weighted by atomic mass is 10.1. The summed E-state index contributed by atoms with van der Waals surface area (Å²) in [6, 6.07) is 8.84. The number of hydrogen-bond acceptors (Lipinski definition) is 5. The Morgan fingerprint density at radius 2 is 2.00 bits per heavy atom. The molecule has 160 valence electrons. The highest BCUT2D eigenvalue weighted by Gasteiger charge is 2.14. The maximum absolute atomic E-state index is 12.3. The van der Waals surface area contributed by atoms with E-state index in [1.165, 1.54) is 6.08 Å². The average molecular weight is 430 g/mol. The number of benzene rings is 1. The van der Waals surface area contributed by atoms with Gasteiger partial charge >= 0.3 is 0 Å². The molecule has 1 aromatic carbocycles. The van der Waals surface area contributed by atoms with Crippen LogP contribution in [-0.2, 0) is 33.5 Å². The lowest BCUT2D eigenvalue weighted by molar-refractivity contribution is -0.116. The summed E-state index contributed by atoms with van der Waals surface area (Å²) in [6.45, 7) is 8.06. The van der Waals surface area contributed by atoms with E-state index in [9.17, 15) is 13.2 Å². The van der Waals surface area contributed by atoms with Crippen molar-refractivity contribution < 1.29 is 13.2 Å². The molecule has 2 N–H and O–H groups in total. The number of carbonyl (C=O) groups is 1. The zero-order valence-electron chi connectivity index (χ0n) is 17.3. The molecule has 9 heteroatoms. The van der Waals surface area contributed by atoms with Gasteiger partial charge in [0, 0.05) is 24.3 Å². The van der Waals surface area contributed by atoms with Crippen LogP contribution >= 0.6 is 0 Å². The Balaban J connectivity index is 1.91. The lowest BCUT2D eigenvalue weighted by Gasteiger charge is -2.08. The Labute approximate surface area is 177 Å². The van der Waals surface area contributed by atoms with Crippen molar-refractivity contribution in [3.63, 3.8) is 0 Å². The van der Waals surface area contributed by atoms with Crippen LogP contribution in [0.25, 0.3) is 0 Å². The second-order valence-electron chi connectivity index (χ2n) is 6.92. The number of nitrogens with zero attached hydrogens (tertiary/aromatic N) is 3. The van der Waals surface area contributed by atoms with Crippen LogP contribution in [0.1, 0.15) is 35.4 Å². The SMILES string of the molecule is C=CCNS(=O)(=O)Cc1ccc(NC(=O)CCc2c(C)nn(CCC#N)c2C)cc1. The summed E-state index contributed by atoms with van der Waals surface area (Å²) in [5.41, 5.74) is 4.11.